The first kappa shape index (κ1) is 18.8. The summed E-state index contributed by atoms with van der Waals surface area (Å²) in [7, 11) is 1.36. The molecule has 0 aliphatic rings. The number of aryl methyl sites for hydroxylation is 1. The fraction of sp³-hybridized carbons (Fsp3) is 0.118. The molecule has 0 heterocycles. The molecule has 0 aromatic heterocycles. The zero-order chi connectivity index (χ0) is 18.4. The molecule has 6 nitrogen and oxygen atoms in total. The van der Waals surface area contributed by atoms with Crippen LogP contribution < -0.4 is 16.1 Å². The van der Waals surface area contributed by atoms with E-state index in [4.69, 9.17) is 23.2 Å². The molecule has 0 fully saturated rings. The molecule has 2 aromatic carbocycles. The lowest BCUT2D eigenvalue weighted by Crippen LogP contribution is -2.35. The Labute approximate surface area is 155 Å². The van der Waals surface area contributed by atoms with Crippen LogP contribution in [0.25, 0.3) is 0 Å². The van der Waals surface area contributed by atoms with Gasteiger partial charge in [-0.2, -0.15) is 5.10 Å². The number of rotatable bonds is 4. The molecule has 2 aromatic rings. The highest BCUT2D eigenvalue weighted by Gasteiger charge is 2.09. The molecule has 2 amide bonds. The lowest BCUT2D eigenvalue weighted by atomic mass is 10.1. The Morgan fingerprint density at radius 2 is 1.68 bits per heavy atom. The summed E-state index contributed by atoms with van der Waals surface area (Å²) in [5, 5.41) is 10.4. The Morgan fingerprint density at radius 3 is 2.40 bits per heavy atom. The van der Waals surface area contributed by atoms with Crippen LogP contribution in [0.4, 0.5) is 11.4 Å². The summed E-state index contributed by atoms with van der Waals surface area (Å²) in [6, 6.07) is 10.7. The van der Waals surface area contributed by atoms with Gasteiger partial charge >= 0.3 is 11.8 Å². The summed E-state index contributed by atoms with van der Waals surface area (Å²) in [4.78, 5) is 22.5. The molecule has 0 bridgehead atoms. The van der Waals surface area contributed by atoms with E-state index < -0.39 is 11.8 Å². The van der Waals surface area contributed by atoms with Gasteiger partial charge in [0.1, 0.15) is 0 Å². The van der Waals surface area contributed by atoms with Crippen LogP contribution in [-0.4, -0.2) is 25.1 Å². The smallest absolute Gasteiger partial charge is 0.329 e. The van der Waals surface area contributed by atoms with Gasteiger partial charge in [0, 0.05) is 34.0 Å². The van der Waals surface area contributed by atoms with Crippen LogP contribution in [-0.2, 0) is 9.59 Å². The van der Waals surface area contributed by atoms with Crippen molar-refractivity contribution in [2.75, 3.05) is 12.4 Å². The first-order chi connectivity index (χ1) is 11.9. The third kappa shape index (κ3) is 5.20. The summed E-state index contributed by atoms with van der Waals surface area (Å²) >= 11 is 12.1. The Hall–Kier alpha value is -2.57. The molecule has 0 saturated carbocycles. The number of hydrazone groups is 1. The maximum atomic E-state index is 11.4. The monoisotopic (exact) mass is 378 g/mol. The second-order valence-electron chi connectivity index (χ2n) is 5.09. The van der Waals surface area contributed by atoms with Crippen molar-refractivity contribution in [1.82, 2.24) is 10.7 Å². The number of likely N-dealkylation sites (N-methyl/N-ethyl adjacent to an activating group) is 1. The second kappa shape index (κ2) is 8.50. The van der Waals surface area contributed by atoms with Crippen molar-refractivity contribution in [3.8, 4) is 0 Å². The molecule has 0 aliphatic carbocycles. The van der Waals surface area contributed by atoms with E-state index in [0.717, 1.165) is 11.3 Å². The molecule has 0 radical (unpaired) electrons. The molecule has 0 aliphatic heterocycles. The molecule has 2 rings (SSSR count). The van der Waals surface area contributed by atoms with Crippen LogP contribution in [0.3, 0.4) is 0 Å². The number of carbonyl (C=O) groups excluding carboxylic acids is 2. The Morgan fingerprint density at radius 1 is 1.00 bits per heavy atom. The molecule has 0 spiro atoms. The van der Waals surface area contributed by atoms with Gasteiger partial charge in [-0.05, 0) is 42.8 Å². The van der Waals surface area contributed by atoms with Crippen LogP contribution in [0.5, 0.6) is 0 Å². The van der Waals surface area contributed by atoms with E-state index in [1.54, 1.807) is 30.3 Å². The largest absolute Gasteiger partial charge is 0.355 e. The highest BCUT2D eigenvalue weighted by Crippen LogP contribution is 2.27. The van der Waals surface area contributed by atoms with Gasteiger partial charge in [-0.1, -0.05) is 29.3 Å². The molecule has 3 N–H and O–H groups in total. The van der Waals surface area contributed by atoms with E-state index >= 15 is 0 Å². The topological polar surface area (TPSA) is 82.6 Å². The molecular formula is C17H16Cl2N4O2. The number of anilines is 2. The zero-order valence-electron chi connectivity index (χ0n) is 13.6. The number of carbonyl (C=O) groups is 2. The van der Waals surface area contributed by atoms with E-state index in [2.05, 4.69) is 21.2 Å². The predicted molar refractivity (Wildman–Crippen MR) is 101 cm³/mol. The minimum atomic E-state index is -0.860. The Bertz CT molecular complexity index is 837. The minimum absolute atomic E-state index is 0.507. The molecular weight excluding hydrogens is 363 g/mol. The lowest BCUT2D eigenvalue weighted by Gasteiger charge is -2.12. The molecule has 130 valence electrons. The second-order valence-corrected chi connectivity index (χ2v) is 5.97. The van der Waals surface area contributed by atoms with Gasteiger partial charge in [0.2, 0.25) is 0 Å². The quantitative estimate of drug-likeness (QED) is 0.433. The van der Waals surface area contributed by atoms with Gasteiger partial charge < -0.3 is 10.6 Å². The number of hydrogen-bond acceptors (Lipinski definition) is 4. The van der Waals surface area contributed by atoms with Gasteiger partial charge in [-0.3, -0.25) is 9.59 Å². The van der Waals surface area contributed by atoms with Crippen LogP contribution in [0.1, 0.15) is 11.1 Å². The van der Waals surface area contributed by atoms with E-state index in [-0.39, 0.29) is 0 Å². The predicted octanol–water partition coefficient (Wildman–Crippen LogP) is 3.24. The fourth-order valence-corrected chi connectivity index (χ4v) is 2.31. The van der Waals surface area contributed by atoms with Gasteiger partial charge in [-0.15, -0.1) is 0 Å². The summed E-state index contributed by atoms with van der Waals surface area (Å²) in [5.74, 6) is -1.64. The maximum Gasteiger partial charge on any atom is 0.329 e. The number of halogens is 2. The van der Waals surface area contributed by atoms with E-state index in [9.17, 15) is 9.59 Å². The first-order valence-corrected chi connectivity index (χ1v) is 8.04. The molecule has 0 unspecified atom stereocenters. The van der Waals surface area contributed by atoms with Gasteiger partial charge in [0.25, 0.3) is 0 Å². The maximum absolute atomic E-state index is 11.4. The third-order valence-electron chi connectivity index (χ3n) is 3.29. The summed E-state index contributed by atoms with van der Waals surface area (Å²) in [6.07, 6.45) is 1.40. The highest BCUT2D eigenvalue weighted by atomic mass is 35.5. The van der Waals surface area contributed by atoms with Gasteiger partial charge in [0.15, 0.2) is 0 Å². The van der Waals surface area contributed by atoms with Gasteiger partial charge in [0.05, 0.1) is 6.21 Å². The lowest BCUT2D eigenvalue weighted by molar-refractivity contribution is -0.138. The molecule has 0 atom stereocenters. The average molecular weight is 379 g/mol. The van der Waals surface area contributed by atoms with Crippen LogP contribution in [0, 0.1) is 6.92 Å². The molecule has 8 heteroatoms. The number of amides is 2. The van der Waals surface area contributed by atoms with Crippen molar-refractivity contribution in [3.05, 3.63) is 57.6 Å². The van der Waals surface area contributed by atoms with Crippen molar-refractivity contribution in [2.45, 2.75) is 6.92 Å². The molecule has 0 saturated heterocycles. The molecule has 25 heavy (non-hydrogen) atoms. The van der Waals surface area contributed by atoms with Crippen LogP contribution in [0.2, 0.25) is 10.0 Å². The summed E-state index contributed by atoms with van der Waals surface area (Å²) in [5.41, 5.74) is 5.33. The number of hydrogen-bond donors (Lipinski definition) is 3. The average Bonchev–Trinajstić information content (AvgIpc) is 2.59. The number of benzene rings is 2. The number of nitrogens with zero attached hydrogens (tertiary/aromatic N) is 1. The van der Waals surface area contributed by atoms with Crippen molar-refractivity contribution in [3.63, 3.8) is 0 Å². The van der Waals surface area contributed by atoms with Crippen molar-refractivity contribution in [2.24, 2.45) is 5.10 Å². The minimum Gasteiger partial charge on any atom is -0.355 e. The third-order valence-corrected chi connectivity index (χ3v) is 3.76. The number of nitrogens with one attached hydrogen (secondary N) is 3. The van der Waals surface area contributed by atoms with E-state index in [1.165, 1.54) is 13.3 Å². The van der Waals surface area contributed by atoms with Crippen molar-refractivity contribution < 1.29 is 9.59 Å². The first-order valence-electron chi connectivity index (χ1n) is 7.28. The van der Waals surface area contributed by atoms with E-state index in [1.807, 2.05) is 13.0 Å². The van der Waals surface area contributed by atoms with Crippen LogP contribution in [0.15, 0.2) is 41.5 Å². The Balaban J connectivity index is 2.24. The zero-order valence-corrected chi connectivity index (χ0v) is 15.1. The van der Waals surface area contributed by atoms with Crippen molar-refractivity contribution >= 4 is 52.6 Å². The summed E-state index contributed by atoms with van der Waals surface area (Å²) < 4.78 is 0. The normalized spacial score (nSPS) is 10.6. The van der Waals surface area contributed by atoms with Gasteiger partial charge in [-0.25, -0.2) is 5.43 Å². The highest BCUT2D eigenvalue weighted by molar-refractivity contribution is 6.35. The summed E-state index contributed by atoms with van der Waals surface area (Å²) in [6.45, 7) is 1.95. The standard InChI is InChI=1S/C17H16Cl2N4O2/c1-10-3-4-13(19)8-15(10)22-14-6-5-12(18)7-11(14)9-21-23-17(25)16(24)20-2/h3-9,22H,1-2H3,(H,20,24)(H,23,25)/b21-9-. The van der Waals surface area contributed by atoms with E-state index in [0.29, 0.717) is 21.3 Å². The van der Waals surface area contributed by atoms with Crippen molar-refractivity contribution in [1.29, 1.82) is 0 Å². The van der Waals surface area contributed by atoms with Crippen LogP contribution >= 0.6 is 23.2 Å². The Kier molecular flexibility index (Phi) is 6.38. The fourth-order valence-electron chi connectivity index (χ4n) is 1.95. The SMILES string of the molecule is CNC(=O)C(=O)N/N=C\c1cc(Cl)ccc1Nc1cc(Cl)ccc1C.